The summed E-state index contributed by atoms with van der Waals surface area (Å²) < 4.78 is 0. The summed E-state index contributed by atoms with van der Waals surface area (Å²) in [6.45, 7) is 10.5. The van der Waals surface area contributed by atoms with Gasteiger partial charge in [0.1, 0.15) is 0 Å². The molecule has 0 bridgehead atoms. The SMILES string of the molecule is CCC1CCNC(C2(O)CCC(C(C)(C)CC)CC2)C1. The van der Waals surface area contributed by atoms with E-state index >= 15 is 0 Å². The molecule has 2 nitrogen and oxygen atoms in total. The number of hydrogen-bond acceptors (Lipinski definition) is 2. The Balaban J connectivity index is 1.94. The molecule has 0 aromatic rings. The molecule has 2 atom stereocenters. The van der Waals surface area contributed by atoms with Crippen LogP contribution in [0.3, 0.4) is 0 Å². The summed E-state index contributed by atoms with van der Waals surface area (Å²) in [5.41, 5.74) is 0.00143. The van der Waals surface area contributed by atoms with E-state index in [1.807, 2.05) is 0 Å². The molecule has 0 amide bonds. The molecular weight excluding hydrogens is 246 g/mol. The van der Waals surface area contributed by atoms with Crippen LogP contribution in [0.5, 0.6) is 0 Å². The van der Waals surface area contributed by atoms with E-state index in [1.54, 1.807) is 0 Å². The van der Waals surface area contributed by atoms with Gasteiger partial charge in [-0.2, -0.15) is 0 Å². The highest BCUT2D eigenvalue weighted by Gasteiger charge is 2.44. The lowest BCUT2D eigenvalue weighted by Crippen LogP contribution is -2.56. The molecule has 20 heavy (non-hydrogen) atoms. The third-order valence-electron chi connectivity index (χ3n) is 6.61. The van der Waals surface area contributed by atoms with Crippen molar-refractivity contribution in [3.63, 3.8) is 0 Å². The molecular formula is C18H35NO. The Morgan fingerprint density at radius 2 is 1.80 bits per heavy atom. The lowest BCUT2D eigenvalue weighted by Gasteiger charge is -2.48. The summed E-state index contributed by atoms with van der Waals surface area (Å²) in [5, 5.41) is 14.7. The highest BCUT2D eigenvalue weighted by Crippen LogP contribution is 2.45. The standard InChI is InChI=1S/C18H35NO/c1-5-14-9-12-19-16(13-14)18(20)10-7-15(8-11-18)17(3,4)6-2/h14-16,19-20H,5-13H2,1-4H3. The van der Waals surface area contributed by atoms with Gasteiger partial charge in [0.15, 0.2) is 0 Å². The Morgan fingerprint density at radius 3 is 2.35 bits per heavy atom. The maximum atomic E-state index is 11.1. The van der Waals surface area contributed by atoms with Crippen LogP contribution in [-0.4, -0.2) is 23.3 Å². The Labute approximate surface area is 125 Å². The fourth-order valence-electron chi connectivity index (χ4n) is 4.31. The topological polar surface area (TPSA) is 32.3 Å². The smallest absolute Gasteiger partial charge is 0.0800 e. The predicted molar refractivity (Wildman–Crippen MR) is 85.8 cm³/mol. The minimum absolute atomic E-state index is 0.340. The summed E-state index contributed by atoms with van der Waals surface area (Å²) >= 11 is 0. The van der Waals surface area contributed by atoms with E-state index in [2.05, 4.69) is 33.0 Å². The van der Waals surface area contributed by atoms with Crippen LogP contribution in [0.15, 0.2) is 0 Å². The van der Waals surface area contributed by atoms with Gasteiger partial charge in [0.2, 0.25) is 0 Å². The van der Waals surface area contributed by atoms with E-state index in [4.69, 9.17) is 0 Å². The molecule has 1 saturated heterocycles. The number of nitrogens with one attached hydrogen (secondary N) is 1. The van der Waals surface area contributed by atoms with Crippen molar-refractivity contribution < 1.29 is 5.11 Å². The molecule has 1 heterocycles. The molecule has 2 unspecified atom stereocenters. The largest absolute Gasteiger partial charge is 0.388 e. The lowest BCUT2D eigenvalue weighted by atomic mass is 9.64. The molecule has 2 N–H and O–H groups in total. The van der Waals surface area contributed by atoms with Crippen molar-refractivity contribution in [3.8, 4) is 0 Å². The average molecular weight is 281 g/mol. The molecule has 118 valence electrons. The number of piperidine rings is 1. The van der Waals surface area contributed by atoms with Crippen molar-refractivity contribution in [1.82, 2.24) is 5.32 Å². The Bertz CT molecular complexity index is 305. The quantitative estimate of drug-likeness (QED) is 0.812. The van der Waals surface area contributed by atoms with E-state index < -0.39 is 5.60 Å². The van der Waals surface area contributed by atoms with Crippen LogP contribution in [0.2, 0.25) is 0 Å². The fraction of sp³-hybridized carbons (Fsp3) is 1.00. The third-order valence-corrected chi connectivity index (χ3v) is 6.61. The molecule has 0 spiro atoms. The van der Waals surface area contributed by atoms with Crippen molar-refractivity contribution in [2.75, 3.05) is 6.54 Å². The summed E-state index contributed by atoms with van der Waals surface area (Å²) in [6, 6.07) is 0.340. The van der Waals surface area contributed by atoms with Crippen molar-refractivity contribution >= 4 is 0 Å². The molecule has 0 aromatic carbocycles. The van der Waals surface area contributed by atoms with Gasteiger partial charge in [-0.3, -0.25) is 0 Å². The summed E-state index contributed by atoms with van der Waals surface area (Å²) in [5.74, 6) is 1.61. The van der Waals surface area contributed by atoms with E-state index in [0.717, 1.165) is 31.2 Å². The molecule has 1 aliphatic carbocycles. The molecule has 2 aliphatic rings. The normalized spacial score (nSPS) is 39.8. The van der Waals surface area contributed by atoms with Crippen LogP contribution in [0.25, 0.3) is 0 Å². The lowest BCUT2D eigenvalue weighted by molar-refractivity contribution is -0.0659. The summed E-state index contributed by atoms with van der Waals surface area (Å²) in [4.78, 5) is 0. The first kappa shape index (κ1) is 16.3. The monoisotopic (exact) mass is 281 g/mol. The van der Waals surface area contributed by atoms with E-state index in [0.29, 0.717) is 11.5 Å². The summed E-state index contributed by atoms with van der Waals surface area (Å²) in [7, 11) is 0. The highest BCUT2D eigenvalue weighted by atomic mass is 16.3. The van der Waals surface area contributed by atoms with E-state index in [-0.39, 0.29) is 0 Å². The Kier molecular flexibility index (Phi) is 5.18. The first-order valence-electron chi connectivity index (χ1n) is 8.87. The Hall–Kier alpha value is -0.0800. The zero-order valence-corrected chi connectivity index (χ0v) is 14.0. The zero-order valence-electron chi connectivity index (χ0n) is 14.0. The second-order valence-corrected chi connectivity index (χ2v) is 8.03. The van der Waals surface area contributed by atoms with Crippen LogP contribution in [0, 0.1) is 17.3 Å². The first-order chi connectivity index (χ1) is 9.41. The predicted octanol–water partition coefficient (Wildman–Crippen LogP) is 4.12. The molecule has 0 aromatic heterocycles. The van der Waals surface area contributed by atoms with Gasteiger partial charge in [-0.1, -0.05) is 40.5 Å². The zero-order chi connectivity index (χ0) is 14.8. The Morgan fingerprint density at radius 1 is 1.15 bits per heavy atom. The van der Waals surface area contributed by atoms with E-state index in [9.17, 15) is 5.11 Å². The van der Waals surface area contributed by atoms with Crippen LogP contribution in [0.4, 0.5) is 0 Å². The minimum Gasteiger partial charge on any atom is -0.388 e. The highest BCUT2D eigenvalue weighted by molar-refractivity contribution is 4.99. The van der Waals surface area contributed by atoms with Crippen LogP contribution in [0.1, 0.15) is 79.1 Å². The van der Waals surface area contributed by atoms with Crippen molar-refractivity contribution in [3.05, 3.63) is 0 Å². The first-order valence-corrected chi connectivity index (χ1v) is 8.87. The van der Waals surface area contributed by atoms with E-state index in [1.165, 1.54) is 38.5 Å². The van der Waals surface area contributed by atoms with Gasteiger partial charge >= 0.3 is 0 Å². The van der Waals surface area contributed by atoms with Crippen LogP contribution >= 0.6 is 0 Å². The van der Waals surface area contributed by atoms with Gasteiger partial charge in [0.05, 0.1) is 5.60 Å². The third kappa shape index (κ3) is 3.39. The fourth-order valence-corrected chi connectivity index (χ4v) is 4.31. The number of aliphatic hydroxyl groups is 1. The van der Waals surface area contributed by atoms with Gasteiger partial charge in [-0.15, -0.1) is 0 Å². The van der Waals surface area contributed by atoms with Gasteiger partial charge in [-0.25, -0.2) is 0 Å². The molecule has 1 aliphatic heterocycles. The van der Waals surface area contributed by atoms with Gasteiger partial charge < -0.3 is 10.4 Å². The molecule has 0 radical (unpaired) electrons. The van der Waals surface area contributed by atoms with Crippen molar-refractivity contribution in [1.29, 1.82) is 0 Å². The van der Waals surface area contributed by atoms with Gasteiger partial charge in [0, 0.05) is 6.04 Å². The average Bonchev–Trinajstić information content (AvgIpc) is 2.48. The van der Waals surface area contributed by atoms with Crippen molar-refractivity contribution in [2.24, 2.45) is 17.3 Å². The molecule has 2 rings (SSSR count). The van der Waals surface area contributed by atoms with Crippen LogP contribution in [-0.2, 0) is 0 Å². The van der Waals surface area contributed by atoms with Crippen LogP contribution < -0.4 is 5.32 Å². The van der Waals surface area contributed by atoms with Gasteiger partial charge in [0.25, 0.3) is 0 Å². The summed E-state index contributed by atoms with van der Waals surface area (Å²) in [6.07, 6.45) is 9.36. The van der Waals surface area contributed by atoms with Crippen molar-refractivity contribution in [2.45, 2.75) is 90.7 Å². The molecule has 1 saturated carbocycles. The maximum Gasteiger partial charge on any atom is 0.0800 e. The molecule has 2 heteroatoms. The maximum absolute atomic E-state index is 11.1. The molecule has 2 fully saturated rings. The number of rotatable bonds is 4. The number of hydrogen-bond donors (Lipinski definition) is 2. The second kappa shape index (κ2) is 6.36. The van der Waals surface area contributed by atoms with Gasteiger partial charge in [-0.05, 0) is 62.3 Å². The minimum atomic E-state index is -0.436. The second-order valence-electron chi connectivity index (χ2n) is 8.03.